The second kappa shape index (κ2) is 8.72. The van der Waals surface area contributed by atoms with Crippen molar-refractivity contribution in [3.05, 3.63) is 99.0 Å². The summed E-state index contributed by atoms with van der Waals surface area (Å²) in [7, 11) is 0. The summed E-state index contributed by atoms with van der Waals surface area (Å²) in [5, 5.41) is 0. The first-order chi connectivity index (χ1) is 16.8. The fourth-order valence-corrected chi connectivity index (χ4v) is 4.24. The Morgan fingerprint density at radius 1 is 0.914 bits per heavy atom. The largest absolute Gasteiger partial charge is 0.462 e. The van der Waals surface area contributed by atoms with Gasteiger partial charge in [-0.2, -0.15) is 0 Å². The number of rotatable bonds is 6. The number of oxazole rings is 1. The van der Waals surface area contributed by atoms with Gasteiger partial charge in [0.15, 0.2) is 5.58 Å². The lowest BCUT2D eigenvalue weighted by atomic mass is 10.1. The van der Waals surface area contributed by atoms with Crippen LogP contribution in [-0.4, -0.2) is 29.0 Å². The molecule has 0 fully saturated rings. The Kier molecular flexibility index (Phi) is 5.56. The minimum absolute atomic E-state index is 0.0728. The molecule has 2 heterocycles. The lowest BCUT2D eigenvalue weighted by molar-refractivity contribution is 0.0495. The van der Waals surface area contributed by atoms with E-state index in [1.54, 1.807) is 24.3 Å². The first-order valence-electron chi connectivity index (χ1n) is 11.2. The third-order valence-corrected chi connectivity index (χ3v) is 6.06. The fraction of sp³-hybridized carbons (Fsp3) is 0.185. The summed E-state index contributed by atoms with van der Waals surface area (Å²) in [5.41, 5.74) is 4.04. The maximum Gasteiger partial charge on any atom is 0.419 e. The number of anilines is 1. The van der Waals surface area contributed by atoms with Crippen molar-refractivity contribution >= 4 is 34.6 Å². The third-order valence-electron chi connectivity index (χ3n) is 6.06. The van der Waals surface area contributed by atoms with E-state index in [1.807, 2.05) is 32.0 Å². The Bertz CT molecular complexity index is 1560. The quantitative estimate of drug-likeness (QED) is 0.237. The zero-order valence-electron chi connectivity index (χ0n) is 19.2. The number of aromatic nitrogens is 1. The highest BCUT2D eigenvalue weighted by Crippen LogP contribution is 2.32. The molecular formula is C27H22N2O6. The van der Waals surface area contributed by atoms with Crippen molar-refractivity contribution < 1.29 is 23.5 Å². The molecule has 1 aliphatic rings. The van der Waals surface area contributed by atoms with Crippen molar-refractivity contribution in [3.8, 4) is 0 Å². The van der Waals surface area contributed by atoms with E-state index in [0.29, 0.717) is 29.8 Å². The smallest absolute Gasteiger partial charge is 0.419 e. The van der Waals surface area contributed by atoms with Gasteiger partial charge in [-0.05, 0) is 67.8 Å². The average molecular weight is 470 g/mol. The predicted octanol–water partition coefficient (Wildman–Crippen LogP) is 4.26. The molecule has 0 N–H and O–H groups in total. The third kappa shape index (κ3) is 3.93. The molecule has 4 aromatic rings. The summed E-state index contributed by atoms with van der Waals surface area (Å²) in [6, 6.07) is 17.0. The number of aryl methyl sites for hydroxylation is 3. The van der Waals surface area contributed by atoms with Crippen molar-refractivity contribution in [1.29, 1.82) is 0 Å². The first-order valence-corrected chi connectivity index (χ1v) is 11.2. The summed E-state index contributed by atoms with van der Waals surface area (Å²) in [6.45, 7) is 4.12. The lowest BCUT2D eigenvalue weighted by Gasteiger charge is -2.17. The molecule has 8 heteroatoms. The van der Waals surface area contributed by atoms with Crippen molar-refractivity contribution in [1.82, 2.24) is 4.57 Å². The molecule has 35 heavy (non-hydrogen) atoms. The molecule has 0 atom stereocenters. The highest BCUT2D eigenvalue weighted by Gasteiger charge is 2.38. The van der Waals surface area contributed by atoms with Crippen LogP contribution in [0.4, 0.5) is 5.69 Å². The van der Waals surface area contributed by atoms with Crippen LogP contribution in [0.25, 0.3) is 11.1 Å². The van der Waals surface area contributed by atoms with Gasteiger partial charge in [0.2, 0.25) is 0 Å². The number of hydrogen-bond acceptors (Lipinski definition) is 6. The Labute approximate surface area is 200 Å². The van der Waals surface area contributed by atoms with Gasteiger partial charge < -0.3 is 9.15 Å². The van der Waals surface area contributed by atoms with Crippen LogP contribution in [0, 0.1) is 13.8 Å². The van der Waals surface area contributed by atoms with E-state index in [1.165, 1.54) is 22.8 Å². The van der Waals surface area contributed by atoms with Gasteiger partial charge in [0.1, 0.15) is 0 Å². The average Bonchev–Trinajstić information content (AvgIpc) is 3.30. The molecular weight excluding hydrogens is 448 g/mol. The monoisotopic (exact) mass is 470 g/mol. The number of ether oxygens (including phenoxy) is 1. The second-order valence-corrected chi connectivity index (χ2v) is 8.47. The van der Waals surface area contributed by atoms with E-state index in [0.717, 1.165) is 16.0 Å². The Hall–Kier alpha value is -4.46. The van der Waals surface area contributed by atoms with Gasteiger partial charge in [-0.15, -0.1) is 0 Å². The molecule has 8 nitrogen and oxygen atoms in total. The normalized spacial score (nSPS) is 12.9. The Morgan fingerprint density at radius 2 is 1.69 bits per heavy atom. The SMILES string of the molecule is Cc1ccc(C)c(N2C(=O)c3ccc(C(=O)OCCCn4c(=O)oc5ccccc54)cc3C2=O)c1. The summed E-state index contributed by atoms with van der Waals surface area (Å²) in [5.74, 6) is -1.97. The van der Waals surface area contributed by atoms with E-state index in [9.17, 15) is 19.2 Å². The van der Waals surface area contributed by atoms with Crippen LogP contribution in [0.15, 0.2) is 69.9 Å². The van der Waals surface area contributed by atoms with E-state index < -0.39 is 23.5 Å². The van der Waals surface area contributed by atoms with E-state index >= 15 is 0 Å². The van der Waals surface area contributed by atoms with Crippen LogP contribution < -0.4 is 10.7 Å². The number of esters is 1. The van der Waals surface area contributed by atoms with E-state index in [-0.39, 0.29) is 23.3 Å². The van der Waals surface area contributed by atoms with Gasteiger partial charge in [0.25, 0.3) is 11.8 Å². The molecule has 0 spiro atoms. The molecule has 0 unspecified atom stereocenters. The van der Waals surface area contributed by atoms with Gasteiger partial charge in [-0.3, -0.25) is 14.2 Å². The number of nitrogens with zero attached hydrogens (tertiary/aromatic N) is 2. The van der Waals surface area contributed by atoms with Crippen molar-refractivity contribution in [3.63, 3.8) is 0 Å². The molecule has 0 radical (unpaired) electrons. The minimum atomic E-state index is -0.609. The van der Waals surface area contributed by atoms with Crippen LogP contribution in [0.5, 0.6) is 0 Å². The van der Waals surface area contributed by atoms with Gasteiger partial charge in [-0.1, -0.05) is 24.3 Å². The standard InChI is InChI=1S/C27H22N2O6/c1-16-8-9-17(2)22(14-16)29-24(30)19-11-10-18(15-20(19)25(29)31)26(32)34-13-5-12-28-21-6-3-4-7-23(21)35-27(28)33/h3-4,6-11,14-15H,5,12-13H2,1-2H3. The molecule has 0 saturated carbocycles. The Balaban J connectivity index is 1.27. The molecule has 0 aliphatic carbocycles. The maximum atomic E-state index is 13.1. The van der Waals surface area contributed by atoms with Crippen molar-refractivity contribution in [2.75, 3.05) is 11.5 Å². The molecule has 1 aliphatic heterocycles. The van der Waals surface area contributed by atoms with Crippen LogP contribution in [-0.2, 0) is 11.3 Å². The van der Waals surface area contributed by atoms with Crippen LogP contribution in [0.3, 0.4) is 0 Å². The van der Waals surface area contributed by atoms with E-state index in [2.05, 4.69) is 0 Å². The molecule has 176 valence electrons. The molecule has 3 aromatic carbocycles. The van der Waals surface area contributed by atoms with Crippen LogP contribution >= 0.6 is 0 Å². The van der Waals surface area contributed by atoms with Gasteiger partial charge in [-0.25, -0.2) is 14.5 Å². The van der Waals surface area contributed by atoms with Crippen LogP contribution in [0.1, 0.15) is 48.6 Å². The summed E-state index contributed by atoms with van der Waals surface area (Å²) < 4.78 is 12.0. The summed E-state index contributed by atoms with van der Waals surface area (Å²) in [4.78, 5) is 51.8. The minimum Gasteiger partial charge on any atom is -0.462 e. The topological polar surface area (TPSA) is 98.8 Å². The highest BCUT2D eigenvalue weighted by atomic mass is 16.5. The second-order valence-electron chi connectivity index (χ2n) is 8.47. The lowest BCUT2D eigenvalue weighted by Crippen LogP contribution is -2.30. The summed E-state index contributed by atoms with van der Waals surface area (Å²) >= 11 is 0. The number of amides is 2. The van der Waals surface area contributed by atoms with Crippen molar-refractivity contribution in [2.24, 2.45) is 0 Å². The van der Waals surface area contributed by atoms with E-state index in [4.69, 9.17) is 9.15 Å². The van der Waals surface area contributed by atoms with Crippen LogP contribution in [0.2, 0.25) is 0 Å². The molecule has 1 aromatic heterocycles. The van der Waals surface area contributed by atoms with Gasteiger partial charge in [0.05, 0.1) is 34.5 Å². The summed E-state index contributed by atoms with van der Waals surface area (Å²) in [6.07, 6.45) is 0.401. The fourth-order valence-electron chi connectivity index (χ4n) is 4.24. The molecule has 5 rings (SSSR count). The zero-order valence-corrected chi connectivity index (χ0v) is 19.2. The maximum absolute atomic E-state index is 13.1. The number of fused-ring (bicyclic) bond motifs is 2. The van der Waals surface area contributed by atoms with Crippen molar-refractivity contribution in [2.45, 2.75) is 26.8 Å². The number of para-hydroxylation sites is 2. The number of carbonyl (C=O) groups is 3. The number of benzene rings is 3. The molecule has 2 amide bonds. The zero-order chi connectivity index (χ0) is 24.7. The number of hydrogen-bond donors (Lipinski definition) is 0. The van der Waals surface area contributed by atoms with Gasteiger partial charge in [0, 0.05) is 6.54 Å². The van der Waals surface area contributed by atoms with Gasteiger partial charge >= 0.3 is 11.7 Å². The first kappa shape index (κ1) is 22.3. The predicted molar refractivity (Wildman–Crippen MR) is 129 cm³/mol. The molecule has 0 bridgehead atoms. The Morgan fingerprint density at radius 3 is 2.51 bits per heavy atom. The number of imide groups is 1. The molecule has 0 saturated heterocycles. The highest BCUT2D eigenvalue weighted by molar-refractivity contribution is 6.35. The number of carbonyl (C=O) groups excluding carboxylic acids is 3.